The molecule has 3 aliphatic carbocycles. The van der Waals surface area contributed by atoms with Gasteiger partial charge in [-0.3, -0.25) is 4.79 Å². The van der Waals surface area contributed by atoms with Crippen LogP contribution < -0.4 is 0 Å². The predicted molar refractivity (Wildman–Crippen MR) is 120 cm³/mol. The number of hydrogen-bond donors (Lipinski definition) is 0. The van der Waals surface area contributed by atoms with Crippen LogP contribution in [0.25, 0.3) is 0 Å². The quantitative estimate of drug-likeness (QED) is 0.375. The van der Waals surface area contributed by atoms with Crippen molar-refractivity contribution >= 4 is 19.4 Å². The summed E-state index contributed by atoms with van der Waals surface area (Å²) in [5, 5.41) is 0. The van der Waals surface area contributed by atoms with Crippen molar-refractivity contribution in [3.63, 3.8) is 0 Å². The molecular formula is C25H35BO5. The van der Waals surface area contributed by atoms with Crippen molar-refractivity contribution in [1.29, 1.82) is 0 Å². The molecule has 4 aliphatic rings. The van der Waals surface area contributed by atoms with Crippen LogP contribution in [0.4, 0.5) is 0 Å². The van der Waals surface area contributed by atoms with Gasteiger partial charge in [0.05, 0.1) is 17.3 Å². The van der Waals surface area contributed by atoms with E-state index in [0.29, 0.717) is 28.9 Å². The number of rotatable bonds is 5. The smallest absolute Gasteiger partial charge is 0.456 e. The molecule has 31 heavy (non-hydrogen) atoms. The second-order valence-electron chi connectivity index (χ2n) is 11.4. The Morgan fingerprint density at radius 1 is 1.26 bits per heavy atom. The van der Waals surface area contributed by atoms with Crippen molar-refractivity contribution < 1.29 is 23.6 Å². The first-order chi connectivity index (χ1) is 14.4. The summed E-state index contributed by atoms with van der Waals surface area (Å²) in [4.78, 5) is 24.3. The highest BCUT2D eigenvalue weighted by atomic mass is 16.7. The van der Waals surface area contributed by atoms with Crippen LogP contribution in [0.5, 0.6) is 0 Å². The van der Waals surface area contributed by atoms with Crippen LogP contribution in [-0.4, -0.2) is 36.7 Å². The summed E-state index contributed by atoms with van der Waals surface area (Å²) < 4.78 is 18.4. The van der Waals surface area contributed by atoms with E-state index < -0.39 is 11.6 Å². The van der Waals surface area contributed by atoms with Crippen LogP contribution >= 0.6 is 0 Å². The molecular weight excluding hydrogens is 391 g/mol. The summed E-state index contributed by atoms with van der Waals surface area (Å²) in [6, 6.07) is 3.64. The Hall–Kier alpha value is -1.66. The fraction of sp³-hybridized carbons (Fsp3) is 0.680. The van der Waals surface area contributed by atoms with Crippen molar-refractivity contribution in [2.24, 2.45) is 17.3 Å². The van der Waals surface area contributed by atoms with Gasteiger partial charge in [0.25, 0.3) is 0 Å². The second-order valence-corrected chi connectivity index (χ2v) is 11.4. The summed E-state index contributed by atoms with van der Waals surface area (Å²) in [5.41, 5.74) is 2.04. The molecule has 4 atom stereocenters. The highest BCUT2D eigenvalue weighted by Gasteiger charge is 2.67. The third-order valence-corrected chi connectivity index (χ3v) is 7.99. The van der Waals surface area contributed by atoms with E-state index in [-0.39, 0.29) is 18.8 Å². The summed E-state index contributed by atoms with van der Waals surface area (Å²) >= 11 is 0. The summed E-state index contributed by atoms with van der Waals surface area (Å²) in [7, 11) is -0.236. The molecule has 5 nitrogen and oxygen atoms in total. The minimum Gasteiger partial charge on any atom is -0.456 e. The van der Waals surface area contributed by atoms with Crippen LogP contribution in [0.1, 0.15) is 86.2 Å². The molecule has 2 bridgehead atoms. The van der Waals surface area contributed by atoms with Crippen molar-refractivity contribution in [3.8, 4) is 0 Å². The maximum absolute atomic E-state index is 12.8. The molecule has 1 heterocycles. The highest BCUT2D eigenvalue weighted by Crippen LogP contribution is 2.65. The molecule has 0 aromatic heterocycles. The molecule has 0 N–H and O–H groups in total. The Morgan fingerprint density at radius 3 is 2.58 bits per heavy atom. The minimum absolute atomic E-state index is 0.171. The lowest BCUT2D eigenvalue weighted by atomic mass is 9.43. The fourth-order valence-corrected chi connectivity index (χ4v) is 6.09. The summed E-state index contributed by atoms with van der Waals surface area (Å²) in [5.74, 6) is 0.816. The van der Waals surface area contributed by atoms with Gasteiger partial charge in [0.1, 0.15) is 5.60 Å². The van der Waals surface area contributed by atoms with Gasteiger partial charge in [-0.2, -0.15) is 0 Å². The average molecular weight is 426 g/mol. The normalized spacial score (nSPS) is 31.1. The highest BCUT2D eigenvalue weighted by molar-refractivity contribution is 6.45. The Balaban J connectivity index is 1.48. The molecule has 1 aromatic carbocycles. The van der Waals surface area contributed by atoms with E-state index in [4.69, 9.17) is 14.0 Å². The lowest BCUT2D eigenvalue weighted by Crippen LogP contribution is -2.65. The number of hydrogen-bond acceptors (Lipinski definition) is 5. The van der Waals surface area contributed by atoms with Crippen LogP contribution in [0, 0.1) is 24.2 Å². The van der Waals surface area contributed by atoms with Gasteiger partial charge in [-0.15, -0.1) is 0 Å². The monoisotopic (exact) mass is 426 g/mol. The first-order valence-electron chi connectivity index (χ1n) is 11.5. The van der Waals surface area contributed by atoms with E-state index in [9.17, 15) is 9.59 Å². The number of esters is 1. The lowest BCUT2D eigenvalue weighted by Gasteiger charge is -2.64. The fourth-order valence-electron chi connectivity index (χ4n) is 6.09. The van der Waals surface area contributed by atoms with E-state index in [0.717, 1.165) is 36.1 Å². The first kappa shape index (κ1) is 22.5. The van der Waals surface area contributed by atoms with Gasteiger partial charge in [0.15, 0.2) is 6.29 Å². The molecule has 3 saturated carbocycles. The number of benzene rings is 1. The van der Waals surface area contributed by atoms with E-state index in [2.05, 4.69) is 20.8 Å². The maximum atomic E-state index is 12.8. The van der Waals surface area contributed by atoms with Crippen molar-refractivity contribution in [3.05, 3.63) is 34.4 Å². The molecule has 168 valence electrons. The third kappa shape index (κ3) is 3.76. The first-order valence-corrected chi connectivity index (χ1v) is 11.5. The Labute approximate surface area is 186 Å². The molecule has 5 rings (SSSR count). The number of ether oxygens (including phenoxy) is 1. The minimum atomic E-state index is -0.620. The van der Waals surface area contributed by atoms with E-state index in [1.807, 2.05) is 33.8 Å². The van der Waals surface area contributed by atoms with Gasteiger partial charge in [-0.05, 0) is 88.6 Å². The number of carbonyl (C=O) groups is 2. The van der Waals surface area contributed by atoms with Gasteiger partial charge >= 0.3 is 13.1 Å². The zero-order valence-corrected chi connectivity index (χ0v) is 19.9. The molecule has 0 radical (unpaired) electrons. The molecule has 4 fully saturated rings. The van der Waals surface area contributed by atoms with Crippen LogP contribution in [0.3, 0.4) is 0 Å². The largest absolute Gasteiger partial charge is 0.457 e. The van der Waals surface area contributed by atoms with Gasteiger partial charge in [-0.25, -0.2) is 4.79 Å². The molecule has 0 amide bonds. The zero-order chi connectivity index (χ0) is 22.8. The Morgan fingerprint density at radius 2 is 1.97 bits per heavy atom. The van der Waals surface area contributed by atoms with Crippen LogP contribution in [0.15, 0.2) is 12.1 Å². The van der Waals surface area contributed by atoms with Crippen LogP contribution in [-0.2, 0) is 20.5 Å². The Kier molecular flexibility index (Phi) is 5.41. The molecule has 6 heteroatoms. The zero-order valence-electron chi connectivity index (χ0n) is 19.9. The average Bonchev–Trinajstić information content (AvgIpc) is 3.00. The predicted octanol–water partition coefficient (Wildman–Crippen LogP) is 5.03. The maximum Gasteiger partial charge on any atom is 0.457 e. The molecule has 3 unspecified atom stereocenters. The van der Waals surface area contributed by atoms with Gasteiger partial charge in [0, 0.05) is 5.56 Å². The Bertz CT molecular complexity index is 902. The number of carbonyl (C=O) groups excluding carboxylic acids is 2. The molecule has 0 spiro atoms. The van der Waals surface area contributed by atoms with Crippen molar-refractivity contribution in [2.75, 3.05) is 0 Å². The van der Waals surface area contributed by atoms with Gasteiger partial charge in [0.2, 0.25) is 0 Å². The molecule has 1 aliphatic heterocycles. The van der Waals surface area contributed by atoms with Crippen molar-refractivity contribution in [1.82, 2.24) is 0 Å². The molecule has 1 saturated heterocycles. The third-order valence-electron chi connectivity index (χ3n) is 7.99. The van der Waals surface area contributed by atoms with Gasteiger partial charge < -0.3 is 14.0 Å². The molecule has 1 aromatic rings. The number of aldehydes is 1. The van der Waals surface area contributed by atoms with E-state index in [1.165, 1.54) is 6.42 Å². The lowest BCUT2D eigenvalue weighted by molar-refractivity contribution is -0.199. The van der Waals surface area contributed by atoms with E-state index in [1.54, 1.807) is 6.07 Å². The van der Waals surface area contributed by atoms with Gasteiger partial charge in [-0.1, -0.05) is 26.0 Å². The number of aryl methyl sites for hydroxylation is 1. The standard InChI is InChI=1S/C25H35BO5/c1-15-16(8-9-17(14-27)21(15)22(28)29-23(2,3)4)10-11-26-30-20-13-18-12-19(24(18,5)6)25(20,7)31-26/h8-9,14,18-20H,10-13H2,1-7H3/t18?,19?,20?,25-/m0/s1. The second kappa shape index (κ2) is 7.45. The SMILES string of the molecule is Cc1c(CCB2OC3CC4CC(C4(C)C)[C@]3(C)O2)ccc(C=O)c1C(=O)OC(C)(C)C. The summed E-state index contributed by atoms with van der Waals surface area (Å²) in [6.07, 6.45) is 4.64. The van der Waals surface area contributed by atoms with Crippen LogP contribution in [0.2, 0.25) is 6.32 Å². The topological polar surface area (TPSA) is 61.8 Å². The van der Waals surface area contributed by atoms with Crippen molar-refractivity contribution in [2.45, 2.75) is 91.4 Å². The summed E-state index contributed by atoms with van der Waals surface area (Å²) in [6.45, 7) is 14.3. The van der Waals surface area contributed by atoms with E-state index >= 15 is 0 Å².